The maximum absolute atomic E-state index is 14.2. The van der Waals surface area contributed by atoms with Gasteiger partial charge in [-0.25, -0.2) is 9.97 Å². The maximum Gasteiger partial charge on any atom is 0.307 e. The van der Waals surface area contributed by atoms with E-state index in [-0.39, 0.29) is 38.0 Å². The molecule has 6 nitrogen and oxygen atoms in total. The molecule has 2 aliphatic rings. The van der Waals surface area contributed by atoms with E-state index < -0.39 is 10.8 Å². The van der Waals surface area contributed by atoms with Crippen molar-refractivity contribution in [2.45, 2.75) is 43.9 Å². The third-order valence-corrected chi connectivity index (χ3v) is 11.9. The summed E-state index contributed by atoms with van der Waals surface area (Å²) < 4.78 is 11.7. The second-order valence-electron chi connectivity index (χ2n) is 14.9. The van der Waals surface area contributed by atoms with Crippen molar-refractivity contribution < 1.29 is 19.1 Å². The zero-order valence-electron chi connectivity index (χ0n) is 30.8. The summed E-state index contributed by atoms with van der Waals surface area (Å²) in [6.45, 7) is 4.20. The molecule has 6 heteroatoms. The Morgan fingerprint density at radius 2 is 0.818 bits per heavy atom. The molecule has 55 heavy (non-hydrogen) atoms. The first-order valence-electron chi connectivity index (χ1n) is 19.1. The molecule has 0 saturated carbocycles. The molecule has 0 aliphatic heterocycles. The van der Waals surface area contributed by atoms with Gasteiger partial charge in [-0.2, -0.15) is 0 Å². The van der Waals surface area contributed by atoms with Crippen molar-refractivity contribution in [1.82, 2.24) is 9.97 Å². The summed E-state index contributed by atoms with van der Waals surface area (Å²) in [6.07, 6.45) is 0.487. The number of para-hydroxylation sites is 2. The van der Waals surface area contributed by atoms with Gasteiger partial charge in [0.1, 0.15) is 0 Å². The Morgan fingerprint density at radius 1 is 0.473 bits per heavy atom. The monoisotopic (exact) mass is 718 g/mol. The van der Waals surface area contributed by atoms with Crippen LogP contribution in [0, 0.1) is 0 Å². The number of fused-ring (bicyclic) bond motifs is 10. The fourth-order valence-corrected chi connectivity index (χ4v) is 9.65. The number of nitrogens with zero attached hydrogens (tertiary/aromatic N) is 2. The fraction of sp³-hybridized carbons (Fsp3) is 0.184. The number of esters is 2. The largest absolute Gasteiger partial charge is 0.466 e. The Labute approximate surface area is 318 Å². The lowest BCUT2D eigenvalue weighted by molar-refractivity contribution is -0.144. The predicted molar refractivity (Wildman–Crippen MR) is 218 cm³/mol. The lowest BCUT2D eigenvalue weighted by atomic mass is 9.60. The molecular formula is C49H38N2O4. The van der Waals surface area contributed by atoms with E-state index in [1.807, 2.05) is 74.5 Å². The van der Waals surface area contributed by atoms with E-state index in [1.54, 1.807) is 0 Å². The highest BCUT2D eigenvalue weighted by Gasteiger charge is 2.56. The molecule has 268 valence electrons. The summed E-state index contributed by atoms with van der Waals surface area (Å²) in [5.74, 6) is -0.606. The average Bonchev–Trinajstić information content (AvgIpc) is 3.58. The Balaban J connectivity index is 1.34. The van der Waals surface area contributed by atoms with E-state index in [0.29, 0.717) is 6.42 Å². The Kier molecular flexibility index (Phi) is 7.60. The van der Waals surface area contributed by atoms with Crippen LogP contribution in [-0.4, -0.2) is 35.1 Å². The Morgan fingerprint density at radius 3 is 1.22 bits per heavy atom. The third-order valence-electron chi connectivity index (χ3n) is 11.9. The molecular weight excluding hydrogens is 681 g/mol. The van der Waals surface area contributed by atoms with Gasteiger partial charge < -0.3 is 9.47 Å². The third kappa shape index (κ3) is 5.08. The first-order chi connectivity index (χ1) is 26.9. The van der Waals surface area contributed by atoms with Crippen molar-refractivity contribution in [2.24, 2.45) is 0 Å². The first-order valence-corrected chi connectivity index (χ1v) is 19.1. The van der Waals surface area contributed by atoms with Gasteiger partial charge in [-0.1, -0.05) is 84.9 Å². The second kappa shape index (κ2) is 12.6. The predicted octanol–water partition coefficient (Wildman–Crippen LogP) is 10.6. The van der Waals surface area contributed by atoms with Crippen molar-refractivity contribution in [1.29, 1.82) is 0 Å². The number of benzene rings is 6. The number of hydrogen-bond acceptors (Lipinski definition) is 6. The highest BCUT2D eigenvalue weighted by molar-refractivity contribution is 5.99. The van der Waals surface area contributed by atoms with Crippen LogP contribution in [0.25, 0.3) is 65.9 Å². The summed E-state index contributed by atoms with van der Waals surface area (Å²) in [6, 6.07) is 46.3. The number of rotatable bonds is 8. The first kappa shape index (κ1) is 33.2. The van der Waals surface area contributed by atoms with Crippen LogP contribution in [0.15, 0.2) is 133 Å². The van der Waals surface area contributed by atoms with Gasteiger partial charge in [0.2, 0.25) is 0 Å². The van der Waals surface area contributed by atoms with Crippen LogP contribution in [0.1, 0.15) is 55.4 Å². The van der Waals surface area contributed by atoms with Gasteiger partial charge in [0.15, 0.2) is 0 Å². The average molecular weight is 719 g/mol. The molecule has 0 N–H and O–H groups in total. The molecule has 0 spiro atoms. The van der Waals surface area contributed by atoms with Crippen LogP contribution in [0.4, 0.5) is 0 Å². The molecule has 0 bridgehead atoms. The van der Waals surface area contributed by atoms with Crippen LogP contribution in [0.3, 0.4) is 0 Å². The van der Waals surface area contributed by atoms with Crippen molar-refractivity contribution in [2.75, 3.05) is 13.2 Å². The van der Waals surface area contributed by atoms with Gasteiger partial charge >= 0.3 is 11.9 Å². The highest BCUT2D eigenvalue weighted by atomic mass is 16.5. The van der Waals surface area contributed by atoms with Gasteiger partial charge in [-0.05, 0) is 113 Å². The van der Waals surface area contributed by atoms with E-state index in [1.165, 1.54) is 0 Å². The molecule has 0 radical (unpaired) electrons. The van der Waals surface area contributed by atoms with Crippen molar-refractivity contribution in [3.05, 3.63) is 156 Å². The van der Waals surface area contributed by atoms with E-state index in [9.17, 15) is 9.59 Å². The zero-order chi connectivity index (χ0) is 37.3. The Hall–Kier alpha value is -6.40. The minimum Gasteiger partial charge on any atom is -0.466 e. The maximum atomic E-state index is 14.2. The molecule has 2 aliphatic carbocycles. The van der Waals surface area contributed by atoms with Gasteiger partial charge in [-0.15, -0.1) is 0 Å². The number of carbonyl (C=O) groups is 2. The lowest BCUT2D eigenvalue weighted by Crippen LogP contribution is -2.41. The minimum atomic E-state index is -0.958. The molecule has 10 rings (SSSR count). The van der Waals surface area contributed by atoms with Crippen molar-refractivity contribution in [3.8, 4) is 22.5 Å². The van der Waals surface area contributed by atoms with Gasteiger partial charge in [0.25, 0.3) is 0 Å². The number of pyridine rings is 2. The summed E-state index contributed by atoms with van der Waals surface area (Å²) in [5.41, 5.74) is 7.45. The van der Waals surface area contributed by atoms with Crippen LogP contribution in [0.2, 0.25) is 0 Å². The lowest BCUT2D eigenvalue weighted by Gasteiger charge is -2.41. The minimum absolute atomic E-state index is 0.0586. The number of carbonyl (C=O) groups excluding carboxylic acids is 2. The van der Waals surface area contributed by atoms with Crippen LogP contribution < -0.4 is 0 Å². The summed E-state index contributed by atoms with van der Waals surface area (Å²) in [7, 11) is 0. The highest BCUT2D eigenvalue weighted by Crippen LogP contribution is 2.62. The SMILES string of the molecule is CCOC(=O)CC1(CC2(CC(=O)OCC)c3cc4ccccc4cc3-c3nc4ccccc4cc32)c2cc3ccccc3cc2-c2nc3ccccc3cc21. The van der Waals surface area contributed by atoms with E-state index in [2.05, 4.69) is 72.8 Å². The van der Waals surface area contributed by atoms with Crippen LogP contribution >= 0.6 is 0 Å². The quantitative estimate of drug-likeness (QED) is 0.146. The van der Waals surface area contributed by atoms with E-state index >= 15 is 0 Å². The summed E-state index contributed by atoms with van der Waals surface area (Å²) >= 11 is 0. The van der Waals surface area contributed by atoms with Gasteiger partial charge in [0.05, 0.1) is 48.5 Å². The molecule has 0 amide bonds. The van der Waals surface area contributed by atoms with Crippen molar-refractivity contribution in [3.63, 3.8) is 0 Å². The summed E-state index contributed by atoms with van der Waals surface area (Å²) in [5, 5.41) is 6.28. The Bertz CT molecular complexity index is 2530. The standard InChI is InChI=1S/C49H38N2O4/c1-3-54-44(52)27-48(38-23-32-15-7-5-13-30(32)21-36(38)46-40(48)25-34-17-9-11-19-42(34)50-46)29-49(28-45(53)55-4-2)39-24-33-16-8-6-14-31(33)22-37(39)47-41(49)26-35-18-10-12-20-43(35)51-47/h5-26H,3-4,27-29H2,1-2H3. The number of aromatic nitrogens is 2. The normalized spacial score (nSPS) is 17.9. The molecule has 2 atom stereocenters. The smallest absolute Gasteiger partial charge is 0.307 e. The van der Waals surface area contributed by atoms with Gasteiger partial charge in [0, 0.05) is 32.7 Å². The molecule has 8 aromatic rings. The van der Waals surface area contributed by atoms with Crippen LogP contribution in [-0.2, 0) is 29.9 Å². The fourth-order valence-electron chi connectivity index (χ4n) is 9.65. The zero-order valence-corrected chi connectivity index (χ0v) is 30.8. The molecule has 2 aromatic heterocycles. The molecule has 2 unspecified atom stereocenters. The van der Waals surface area contributed by atoms with Gasteiger partial charge in [-0.3, -0.25) is 9.59 Å². The molecule has 0 saturated heterocycles. The van der Waals surface area contributed by atoms with Crippen LogP contribution in [0.5, 0.6) is 0 Å². The topological polar surface area (TPSA) is 78.4 Å². The van der Waals surface area contributed by atoms with E-state index in [4.69, 9.17) is 19.4 Å². The molecule has 2 heterocycles. The second-order valence-corrected chi connectivity index (χ2v) is 14.9. The molecule has 0 fully saturated rings. The molecule has 6 aromatic carbocycles. The number of hydrogen-bond donors (Lipinski definition) is 0. The van der Waals surface area contributed by atoms with Crippen molar-refractivity contribution >= 4 is 55.3 Å². The summed E-state index contributed by atoms with van der Waals surface area (Å²) in [4.78, 5) is 39.2. The number of ether oxygens (including phenoxy) is 2. The van der Waals surface area contributed by atoms with E-state index in [0.717, 1.165) is 88.1 Å².